The summed E-state index contributed by atoms with van der Waals surface area (Å²) in [6.07, 6.45) is 2.47. The van der Waals surface area contributed by atoms with Crippen LogP contribution in [-0.2, 0) is 9.31 Å². The van der Waals surface area contributed by atoms with Crippen LogP contribution in [0.3, 0.4) is 0 Å². The summed E-state index contributed by atoms with van der Waals surface area (Å²) in [5.41, 5.74) is 1.03. The molecule has 7 nitrogen and oxygen atoms in total. The van der Waals surface area contributed by atoms with Crippen molar-refractivity contribution in [2.24, 2.45) is 0 Å². The number of carbonyl (C=O) groups excluding carboxylic acids is 1. The summed E-state index contributed by atoms with van der Waals surface area (Å²) >= 11 is 0. The van der Waals surface area contributed by atoms with Crippen LogP contribution in [0.4, 0.5) is 10.5 Å². The Hall–Kier alpha value is -1.61. The number of likely N-dealkylation sites (tertiary alicyclic amines) is 1. The second-order valence-electron chi connectivity index (χ2n) is 10.2. The fourth-order valence-corrected chi connectivity index (χ4v) is 4.56. The van der Waals surface area contributed by atoms with Crippen molar-refractivity contribution in [3.8, 4) is 0 Å². The van der Waals surface area contributed by atoms with Crippen LogP contribution in [-0.4, -0.2) is 91.4 Å². The molecule has 0 radical (unpaired) electrons. The highest BCUT2D eigenvalue weighted by molar-refractivity contribution is 6.62. The number of piperazine rings is 1. The highest BCUT2D eigenvalue weighted by atomic mass is 16.7. The van der Waals surface area contributed by atoms with Crippen LogP contribution in [0.5, 0.6) is 0 Å². The van der Waals surface area contributed by atoms with E-state index in [1.165, 1.54) is 25.9 Å². The molecular weight excluding hydrogens is 391 g/mol. The lowest BCUT2D eigenvalue weighted by Gasteiger charge is -2.42. The number of piperidine rings is 1. The van der Waals surface area contributed by atoms with Gasteiger partial charge < -0.3 is 24.4 Å². The number of anilines is 1. The van der Waals surface area contributed by atoms with Crippen molar-refractivity contribution >= 4 is 24.3 Å². The highest BCUT2D eigenvalue weighted by Crippen LogP contribution is 2.36. The van der Waals surface area contributed by atoms with Crippen molar-refractivity contribution in [2.45, 2.75) is 57.8 Å². The molecule has 8 heteroatoms. The van der Waals surface area contributed by atoms with E-state index in [4.69, 9.17) is 9.31 Å². The number of nitrogens with zero attached hydrogens (tertiary/aromatic N) is 3. The predicted molar refractivity (Wildman–Crippen MR) is 125 cm³/mol. The minimum Gasteiger partial charge on any atom is -0.399 e. The second kappa shape index (κ2) is 8.73. The first kappa shape index (κ1) is 22.6. The minimum absolute atomic E-state index is 0.0218. The van der Waals surface area contributed by atoms with Gasteiger partial charge in [0, 0.05) is 37.9 Å². The fourth-order valence-electron chi connectivity index (χ4n) is 4.56. The molecule has 1 aromatic rings. The highest BCUT2D eigenvalue weighted by Gasteiger charge is 2.51. The van der Waals surface area contributed by atoms with E-state index in [1.807, 2.05) is 56.9 Å². The number of nitrogens with one attached hydrogen (secondary N) is 1. The van der Waals surface area contributed by atoms with E-state index < -0.39 is 0 Å². The molecule has 0 unspecified atom stereocenters. The van der Waals surface area contributed by atoms with E-state index in [1.54, 1.807) is 0 Å². The summed E-state index contributed by atoms with van der Waals surface area (Å²) in [6.45, 7) is 14.0. The molecule has 0 spiro atoms. The van der Waals surface area contributed by atoms with Gasteiger partial charge in [0.2, 0.25) is 0 Å². The van der Waals surface area contributed by atoms with Crippen LogP contribution < -0.4 is 10.8 Å². The largest absolute Gasteiger partial charge is 0.494 e. The van der Waals surface area contributed by atoms with E-state index in [-0.39, 0.29) is 24.4 Å². The lowest BCUT2D eigenvalue weighted by Crippen LogP contribution is -2.54. The van der Waals surface area contributed by atoms with Gasteiger partial charge in [-0.2, -0.15) is 0 Å². The van der Waals surface area contributed by atoms with Gasteiger partial charge in [0.1, 0.15) is 0 Å². The first-order valence-electron chi connectivity index (χ1n) is 11.6. The van der Waals surface area contributed by atoms with Gasteiger partial charge in [0.25, 0.3) is 0 Å². The molecule has 2 amide bonds. The smallest absolute Gasteiger partial charge is 0.399 e. The summed E-state index contributed by atoms with van der Waals surface area (Å²) in [6, 6.07) is 8.43. The number of urea groups is 1. The molecule has 31 heavy (non-hydrogen) atoms. The summed E-state index contributed by atoms with van der Waals surface area (Å²) in [4.78, 5) is 19.6. The van der Waals surface area contributed by atoms with Gasteiger partial charge in [-0.1, -0.05) is 12.1 Å². The molecule has 1 aromatic carbocycles. The Morgan fingerprint density at radius 1 is 0.935 bits per heavy atom. The Balaban J connectivity index is 1.27. The maximum Gasteiger partial charge on any atom is 0.494 e. The van der Waals surface area contributed by atoms with E-state index in [9.17, 15) is 4.79 Å². The summed E-state index contributed by atoms with van der Waals surface area (Å²) < 4.78 is 12.2. The Kier molecular flexibility index (Phi) is 6.36. The fraction of sp³-hybridized carbons (Fsp3) is 0.696. The molecular formula is C23H37BN4O3. The lowest BCUT2D eigenvalue weighted by molar-refractivity contribution is 0.00578. The molecule has 170 valence electrons. The first-order valence-corrected chi connectivity index (χ1v) is 11.6. The van der Waals surface area contributed by atoms with E-state index in [0.717, 1.165) is 37.3 Å². The first-order chi connectivity index (χ1) is 14.6. The monoisotopic (exact) mass is 428 g/mol. The molecule has 0 aliphatic carbocycles. The molecule has 0 aromatic heterocycles. The van der Waals surface area contributed by atoms with Crippen LogP contribution in [0.15, 0.2) is 24.3 Å². The Labute approximate surface area is 187 Å². The van der Waals surface area contributed by atoms with Crippen LogP contribution >= 0.6 is 0 Å². The van der Waals surface area contributed by atoms with Crippen molar-refractivity contribution in [1.82, 2.24) is 14.7 Å². The molecule has 1 N–H and O–H groups in total. The van der Waals surface area contributed by atoms with Gasteiger partial charge in [-0.15, -0.1) is 0 Å². The number of amides is 2. The Morgan fingerprint density at radius 2 is 1.48 bits per heavy atom. The normalized spacial score (nSPS) is 25.1. The molecule has 3 aliphatic heterocycles. The van der Waals surface area contributed by atoms with Crippen LogP contribution in [0, 0.1) is 0 Å². The molecule has 4 rings (SSSR count). The maximum absolute atomic E-state index is 12.7. The van der Waals surface area contributed by atoms with Gasteiger partial charge in [-0.3, -0.25) is 4.90 Å². The van der Waals surface area contributed by atoms with Crippen molar-refractivity contribution in [1.29, 1.82) is 0 Å². The molecule has 3 heterocycles. The zero-order valence-corrected chi connectivity index (χ0v) is 19.7. The van der Waals surface area contributed by atoms with E-state index in [2.05, 4.69) is 22.2 Å². The molecule has 3 fully saturated rings. The van der Waals surface area contributed by atoms with Crippen molar-refractivity contribution in [3.63, 3.8) is 0 Å². The lowest BCUT2D eigenvalue weighted by atomic mass is 9.79. The molecule has 3 saturated heterocycles. The summed E-state index contributed by atoms with van der Waals surface area (Å²) in [5, 5.41) is 3.04. The predicted octanol–water partition coefficient (Wildman–Crippen LogP) is 2.23. The Morgan fingerprint density at radius 3 is 2.03 bits per heavy atom. The minimum atomic E-state index is -0.387. The summed E-state index contributed by atoms with van der Waals surface area (Å²) in [5.74, 6) is 0. The molecule has 0 saturated carbocycles. The van der Waals surface area contributed by atoms with Gasteiger partial charge in [-0.25, -0.2) is 4.79 Å². The van der Waals surface area contributed by atoms with Gasteiger partial charge in [0.05, 0.1) is 11.2 Å². The number of benzene rings is 1. The van der Waals surface area contributed by atoms with Gasteiger partial charge in [-0.05, 0) is 78.3 Å². The third-order valence-corrected chi connectivity index (χ3v) is 7.49. The van der Waals surface area contributed by atoms with Crippen molar-refractivity contribution in [3.05, 3.63) is 24.3 Å². The third kappa shape index (κ3) is 4.92. The van der Waals surface area contributed by atoms with Crippen LogP contribution in [0.1, 0.15) is 40.5 Å². The zero-order valence-electron chi connectivity index (χ0n) is 19.7. The SMILES string of the molecule is CN1CCC(N2CCN(C(=O)Nc3ccc(B4OC(C)(C)C(C)(C)O4)cc3)CC2)CC1. The van der Waals surface area contributed by atoms with E-state index >= 15 is 0 Å². The van der Waals surface area contributed by atoms with Crippen molar-refractivity contribution < 1.29 is 14.1 Å². The van der Waals surface area contributed by atoms with Crippen molar-refractivity contribution in [2.75, 3.05) is 51.6 Å². The number of rotatable bonds is 3. The topological polar surface area (TPSA) is 57.3 Å². The second-order valence-corrected chi connectivity index (χ2v) is 10.2. The average Bonchev–Trinajstić information content (AvgIpc) is 2.96. The number of hydrogen-bond donors (Lipinski definition) is 1. The molecule has 0 bridgehead atoms. The van der Waals surface area contributed by atoms with Crippen LogP contribution in [0.2, 0.25) is 0 Å². The maximum atomic E-state index is 12.7. The van der Waals surface area contributed by atoms with Gasteiger partial charge in [0.15, 0.2) is 0 Å². The standard InChI is InChI=1S/C23H37BN4O3/c1-22(2)23(3,4)31-24(30-22)18-6-8-19(9-7-18)25-21(29)28-16-14-27(15-17-28)20-10-12-26(5)13-11-20/h6-9,20H,10-17H2,1-5H3,(H,25,29). The molecule has 0 atom stereocenters. The van der Waals surface area contributed by atoms with Gasteiger partial charge >= 0.3 is 13.1 Å². The quantitative estimate of drug-likeness (QED) is 0.749. The number of carbonyl (C=O) groups is 1. The average molecular weight is 428 g/mol. The van der Waals surface area contributed by atoms with Crippen LogP contribution in [0.25, 0.3) is 0 Å². The number of hydrogen-bond acceptors (Lipinski definition) is 5. The molecule has 3 aliphatic rings. The van der Waals surface area contributed by atoms with E-state index in [0.29, 0.717) is 6.04 Å². The summed E-state index contributed by atoms with van der Waals surface area (Å²) in [7, 11) is 1.81. The Bertz CT molecular complexity index is 754. The zero-order chi connectivity index (χ0) is 22.2. The third-order valence-electron chi connectivity index (χ3n) is 7.49.